The summed E-state index contributed by atoms with van der Waals surface area (Å²) in [5, 5.41) is 16.4. The lowest BCUT2D eigenvalue weighted by atomic mass is 9.78. The van der Waals surface area contributed by atoms with Gasteiger partial charge in [-0.2, -0.15) is 0 Å². The minimum Gasteiger partial charge on any atom is -0.493 e. The molecule has 8 nitrogen and oxygen atoms in total. The molecule has 1 aliphatic rings. The molecular weight excluding hydrogens is 384 g/mol. The molecule has 150 valence electrons. The molecule has 1 amide bonds. The van der Waals surface area contributed by atoms with Gasteiger partial charge in [0, 0.05) is 36.1 Å². The molecule has 3 rings (SSSR count). The molecule has 1 N–H and O–H groups in total. The fraction of sp³-hybridized carbons (Fsp3) is 0.421. The maximum Gasteiger partial charge on any atom is 0.286 e. The number of nitrogens with zero attached hydrogens (tertiary/aromatic N) is 1. The summed E-state index contributed by atoms with van der Waals surface area (Å²) in [5.41, 5.74) is -0.615. The molecular formula is C19H22N2O6S. The Kier molecular flexibility index (Phi) is 6.15. The standard InChI is InChI=1S/C19H22N2O6S/c1-25-15-10-13(14(21(23)24)11-16(15)26-2)18(22)20-12-19(5-7-27-8-6-19)17-4-3-9-28-17/h3-4,9-11H,5-8,12H2,1-2H3,(H,20,22). The smallest absolute Gasteiger partial charge is 0.286 e. The predicted octanol–water partition coefficient (Wildman–Crippen LogP) is 3.15. The highest BCUT2D eigenvalue weighted by molar-refractivity contribution is 7.10. The van der Waals surface area contributed by atoms with Gasteiger partial charge in [-0.15, -0.1) is 11.3 Å². The van der Waals surface area contributed by atoms with Crippen molar-refractivity contribution in [1.82, 2.24) is 5.32 Å². The van der Waals surface area contributed by atoms with Crippen molar-refractivity contribution in [2.45, 2.75) is 18.3 Å². The van der Waals surface area contributed by atoms with E-state index in [9.17, 15) is 14.9 Å². The predicted molar refractivity (Wildman–Crippen MR) is 105 cm³/mol. The Labute approximate surface area is 166 Å². The lowest BCUT2D eigenvalue weighted by Gasteiger charge is -2.36. The van der Waals surface area contributed by atoms with E-state index >= 15 is 0 Å². The SMILES string of the molecule is COc1cc(C(=O)NCC2(c3cccs3)CCOCC2)c([N+](=O)[O-])cc1OC. The fourth-order valence-electron chi connectivity index (χ4n) is 3.40. The topological polar surface area (TPSA) is 99.9 Å². The largest absolute Gasteiger partial charge is 0.493 e. The van der Waals surface area contributed by atoms with Crippen molar-refractivity contribution in [2.24, 2.45) is 0 Å². The Morgan fingerprint density at radius 3 is 2.54 bits per heavy atom. The van der Waals surface area contributed by atoms with Crippen LogP contribution in [-0.2, 0) is 10.2 Å². The first-order valence-corrected chi connectivity index (χ1v) is 9.69. The van der Waals surface area contributed by atoms with Gasteiger partial charge >= 0.3 is 0 Å². The van der Waals surface area contributed by atoms with Crippen LogP contribution in [0, 0.1) is 10.1 Å². The minimum absolute atomic E-state index is 0.0592. The summed E-state index contributed by atoms with van der Waals surface area (Å²) in [4.78, 5) is 24.9. The highest BCUT2D eigenvalue weighted by atomic mass is 32.1. The van der Waals surface area contributed by atoms with Gasteiger partial charge in [-0.1, -0.05) is 6.07 Å². The summed E-state index contributed by atoms with van der Waals surface area (Å²) in [6.07, 6.45) is 1.56. The van der Waals surface area contributed by atoms with E-state index in [4.69, 9.17) is 14.2 Å². The lowest BCUT2D eigenvalue weighted by Crippen LogP contribution is -2.44. The van der Waals surface area contributed by atoms with E-state index < -0.39 is 10.8 Å². The average Bonchev–Trinajstić information content (AvgIpc) is 3.27. The van der Waals surface area contributed by atoms with Crippen LogP contribution in [0.15, 0.2) is 29.6 Å². The number of nitrogens with one attached hydrogen (secondary N) is 1. The molecule has 0 bridgehead atoms. The third-order valence-electron chi connectivity index (χ3n) is 5.02. The minimum atomic E-state index is -0.597. The van der Waals surface area contributed by atoms with Gasteiger partial charge in [0.15, 0.2) is 11.5 Å². The first-order valence-electron chi connectivity index (χ1n) is 8.81. The van der Waals surface area contributed by atoms with Gasteiger partial charge in [-0.3, -0.25) is 14.9 Å². The molecule has 2 aromatic rings. The van der Waals surface area contributed by atoms with E-state index in [1.807, 2.05) is 11.4 Å². The first kappa shape index (κ1) is 20.1. The third kappa shape index (κ3) is 3.95. The number of thiophene rings is 1. The molecule has 1 aromatic carbocycles. The number of amides is 1. The number of carbonyl (C=O) groups excluding carboxylic acids is 1. The maximum absolute atomic E-state index is 12.9. The van der Waals surface area contributed by atoms with Crippen molar-refractivity contribution in [1.29, 1.82) is 0 Å². The Hall–Kier alpha value is -2.65. The third-order valence-corrected chi connectivity index (χ3v) is 6.14. The van der Waals surface area contributed by atoms with E-state index in [1.165, 1.54) is 31.2 Å². The number of rotatable bonds is 7. The first-order chi connectivity index (χ1) is 13.5. The molecule has 0 radical (unpaired) electrons. The molecule has 0 aliphatic carbocycles. The van der Waals surface area contributed by atoms with E-state index in [1.54, 1.807) is 11.3 Å². The molecule has 1 fully saturated rings. The van der Waals surface area contributed by atoms with Crippen LogP contribution in [0.1, 0.15) is 28.1 Å². The zero-order valence-corrected chi connectivity index (χ0v) is 16.5. The van der Waals surface area contributed by atoms with Gasteiger partial charge in [0.25, 0.3) is 11.6 Å². The Morgan fingerprint density at radius 2 is 1.96 bits per heavy atom. The van der Waals surface area contributed by atoms with Crippen LogP contribution in [0.4, 0.5) is 5.69 Å². The summed E-state index contributed by atoms with van der Waals surface area (Å²) in [6, 6.07) is 6.59. The van der Waals surface area contributed by atoms with E-state index in [-0.39, 0.29) is 28.2 Å². The number of nitro benzene ring substituents is 1. The molecule has 28 heavy (non-hydrogen) atoms. The highest BCUT2D eigenvalue weighted by Crippen LogP contribution is 2.38. The second-order valence-corrected chi connectivity index (χ2v) is 7.48. The molecule has 1 aromatic heterocycles. The molecule has 2 heterocycles. The zero-order chi connectivity index (χ0) is 20.1. The van der Waals surface area contributed by atoms with Crippen LogP contribution >= 0.6 is 11.3 Å². The maximum atomic E-state index is 12.9. The van der Waals surface area contributed by atoms with E-state index in [0.29, 0.717) is 19.8 Å². The summed E-state index contributed by atoms with van der Waals surface area (Å²) < 4.78 is 15.8. The number of hydrogen-bond acceptors (Lipinski definition) is 7. The summed E-state index contributed by atoms with van der Waals surface area (Å²) in [6.45, 7) is 1.61. The summed E-state index contributed by atoms with van der Waals surface area (Å²) >= 11 is 1.64. The van der Waals surface area contributed by atoms with Gasteiger partial charge in [-0.25, -0.2) is 0 Å². The van der Waals surface area contributed by atoms with Gasteiger partial charge in [-0.05, 0) is 24.3 Å². The fourth-order valence-corrected chi connectivity index (χ4v) is 4.39. The van der Waals surface area contributed by atoms with Crippen molar-refractivity contribution in [3.8, 4) is 11.5 Å². The van der Waals surface area contributed by atoms with Crippen LogP contribution in [0.5, 0.6) is 11.5 Å². The Morgan fingerprint density at radius 1 is 1.29 bits per heavy atom. The molecule has 0 unspecified atom stereocenters. The van der Waals surface area contributed by atoms with E-state index in [2.05, 4.69) is 11.4 Å². The van der Waals surface area contributed by atoms with E-state index in [0.717, 1.165) is 12.8 Å². The monoisotopic (exact) mass is 406 g/mol. The Bertz CT molecular complexity index is 846. The molecule has 1 saturated heterocycles. The quantitative estimate of drug-likeness (QED) is 0.560. The molecule has 0 saturated carbocycles. The van der Waals surface area contributed by atoms with Crippen molar-refractivity contribution >= 4 is 22.9 Å². The molecule has 0 spiro atoms. The van der Waals surface area contributed by atoms with Crippen molar-refractivity contribution in [3.05, 3.63) is 50.2 Å². The second-order valence-electron chi connectivity index (χ2n) is 6.53. The molecule has 1 aliphatic heterocycles. The number of benzene rings is 1. The van der Waals surface area contributed by atoms with Crippen molar-refractivity contribution in [3.63, 3.8) is 0 Å². The number of carbonyl (C=O) groups is 1. The zero-order valence-electron chi connectivity index (χ0n) is 15.7. The van der Waals surface area contributed by atoms with Crippen LogP contribution in [0.25, 0.3) is 0 Å². The Balaban J connectivity index is 1.87. The summed E-state index contributed by atoms with van der Waals surface area (Å²) in [5.74, 6) is -0.0578. The molecule has 0 atom stereocenters. The van der Waals surface area contributed by atoms with Gasteiger partial charge < -0.3 is 19.5 Å². The van der Waals surface area contributed by atoms with Crippen molar-refractivity contribution in [2.75, 3.05) is 34.0 Å². The van der Waals surface area contributed by atoms with Crippen LogP contribution in [-0.4, -0.2) is 44.8 Å². The number of nitro groups is 1. The second kappa shape index (κ2) is 8.57. The van der Waals surface area contributed by atoms with Gasteiger partial charge in [0.1, 0.15) is 5.56 Å². The van der Waals surface area contributed by atoms with Crippen LogP contribution in [0.2, 0.25) is 0 Å². The van der Waals surface area contributed by atoms with Crippen LogP contribution in [0.3, 0.4) is 0 Å². The van der Waals surface area contributed by atoms with Crippen LogP contribution < -0.4 is 14.8 Å². The normalized spacial score (nSPS) is 15.6. The van der Waals surface area contributed by atoms with Gasteiger partial charge in [0.2, 0.25) is 0 Å². The highest BCUT2D eigenvalue weighted by Gasteiger charge is 2.36. The number of methoxy groups -OCH3 is 2. The number of ether oxygens (including phenoxy) is 3. The summed E-state index contributed by atoms with van der Waals surface area (Å²) in [7, 11) is 2.80. The lowest BCUT2D eigenvalue weighted by molar-refractivity contribution is -0.385. The van der Waals surface area contributed by atoms with Crippen molar-refractivity contribution < 1.29 is 23.9 Å². The molecule has 9 heteroatoms. The average molecular weight is 406 g/mol. The van der Waals surface area contributed by atoms with Gasteiger partial charge in [0.05, 0.1) is 25.2 Å². The number of hydrogen-bond donors (Lipinski definition) is 1.